The number of hydrogen-bond donors (Lipinski definition) is 0. The number of carbonyl (C=O) groups excluding carboxylic acids is 1. The summed E-state index contributed by atoms with van der Waals surface area (Å²) in [5.41, 5.74) is 0. The van der Waals surface area contributed by atoms with Crippen LogP contribution in [0.4, 0.5) is 0 Å². The molecule has 0 amide bonds. The van der Waals surface area contributed by atoms with Crippen LogP contribution in [0.1, 0.15) is 72.1 Å². The molecular formula is C15H28O2. The molecule has 1 atom stereocenters. The van der Waals surface area contributed by atoms with E-state index in [2.05, 4.69) is 26.0 Å². The van der Waals surface area contributed by atoms with E-state index in [9.17, 15) is 4.79 Å². The van der Waals surface area contributed by atoms with E-state index in [1.54, 1.807) is 0 Å². The van der Waals surface area contributed by atoms with Crippen molar-refractivity contribution in [2.75, 3.05) is 0 Å². The largest absolute Gasteiger partial charge is 0.463 e. The quantitative estimate of drug-likeness (QED) is 0.316. The Morgan fingerprint density at radius 1 is 1.18 bits per heavy atom. The van der Waals surface area contributed by atoms with Crippen LogP contribution in [0.25, 0.3) is 0 Å². The minimum atomic E-state index is -0.139. The fourth-order valence-corrected chi connectivity index (χ4v) is 1.91. The number of allylic oxidation sites excluding steroid dienone is 2. The zero-order chi connectivity index (χ0) is 12.9. The van der Waals surface area contributed by atoms with Gasteiger partial charge in [0, 0.05) is 6.92 Å². The number of hydrogen-bond acceptors (Lipinski definition) is 2. The average molecular weight is 240 g/mol. The van der Waals surface area contributed by atoms with Gasteiger partial charge in [-0.3, -0.25) is 4.79 Å². The van der Waals surface area contributed by atoms with Gasteiger partial charge in [-0.15, -0.1) is 0 Å². The molecule has 0 saturated heterocycles. The van der Waals surface area contributed by atoms with Gasteiger partial charge in [0.2, 0.25) is 0 Å². The van der Waals surface area contributed by atoms with Crippen LogP contribution >= 0.6 is 0 Å². The molecule has 2 heteroatoms. The zero-order valence-electron chi connectivity index (χ0n) is 11.7. The van der Waals surface area contributed by atoms with Crippen LogP contribution in [0, 0.1) is 0 Å². The van der Waals surface area contributed by atoms with Gasteiger partial charge < -0.3 is 4.74 Å². The molecule has 0 N–H and O–H groups in total. The summed E-state index contributed by atoms with van der Waals surface area (Å²) in [4.78, 5) is 11.0. The van der Waals surface area contributed by atoms with Gasteiger partial charge in [-0.1, -0.05) is 38.3 Å². The predicted octanol–water partition coefficient (Wildman–Crippen LogP) is 4.63. The Morgan fingerprint density at radius 3 is 2.47 bits per heavy atom. The van der Waals surface area contributed by atoms with E-state index in [4.69, 9.17) is 4.74 Å². The molecule has 0 aliphatic carbocycles. The molecule has 0 bridgehead atoms. The number of carbonyl (C=O) groups is 1. The molecule has 0 heterocycles. The summed E-state index contributed by atoms with van der Waals surface area (Å²) in [6.07, 6.45) is 13.6. The summed E-state index contributed by atoms with van der Waals surface area (Å²) in [6, 6.07) is 0. The molecule has 0 radical (unpaired) electrons. The van der Waals surface area contributed by atoms with Crippen LogP contribution in [0.3, 0.4) is 0 Å². The summed E-state index contributed by atoms with van der Waals surface area (Å²) in [5, 5.41) is 0. The van der Waals surface area contributed by atoms with Crippen molar-refractivity contribution >= 4 is 5.97 Å². The van der Waals surface area contributed by atoms with Crippen LogP contribution in [0.15, 0.2) is 12.2 Å². The Bertz CT molecular complexity index is 209. The Balaban J connectivity index is 3.63. The fraction of sp³-hybridized carbons (Fsp3) is 0.800. The van der Waals surface area contributed by atoms with E-state index in [1.165, 1.54) is 39.0 Å². The van der Waals surface area contributed by atoms with Crippen molar-refractivity contribution in [3.8, 4) is 0 Å². The summed E-state index contributed by atoms with van der Waals surface area (Å²) in [5.74, 6) is -0.139. The lowest BCUT2D eigenvalue weighted by atomic mass is 10.0. The third-order valence-electron chi connectivity index (χ3n) is 2.84. The van der Waals surface area contributed by atoms with Gasteiger partial charge in [-0.2, -0.15) is 0 Å². The molecule has 0 aliphatic heterocycles. The third-order valence-corrected chi connectivity index (χ3v) is 2.84. The Kier molecular flexibility index (Phi) is 11.1. The zero-order valence-corrected chi connectivity index (χ0v) is 11.7. The molecule has 0 spiro atoms. The lowest BCUT2D eigenvalue weighted by Gasteiger charge is -2.16. The molecule has 0 aromatic rings. The van der Waals surface area contributed by atoms with Crippen LogP contribution < -0.4 is 0 Å². The van der Waals surface area contributed by atoms with Crippen molar-refractivity contribution in [2.45, 2.75) is 78.2 Å². The second kappa shape index (κ2) is 11.7. The van der Waals surface area contributed by atoms with Crippen molar-refractivity contribution in [1.29, 1.82) is 0 Å². The van der Waals surface area contributed by atoms with Gasteiger partial charge in [0.05, 0.1) is 0 Å². The minimum absolute atomic E-state index is 0.139. The van der Waals surface area contributed by atoms with Gasteiger partial charge >= 0.3 is 5.97 Å². The summed E-state index contributed by atoms with van der Waals surface area (Å²) in [7, 11) is 0. The van der Waals surface area contributed by atoms with E-state index in [1.807, 2.05) is 0 Å². The lowest BCUT2D eigenvalue weighted by Crippen LogP contribution is -2.16. The molecule has 0 aliphatic rings. The van der Waals surface area contributed by atoms with E-state index in [0.29, 0.717) is 0 Å². The summed E-state index contributed by atoms with van der Waals surface area (Å²) in [6.45, 7) is 5.73. The fourth-order valence-electron chi connectivity index (χ4n) is 1.91. The Morgan fingerprint density at radius 2 is 1.88 bits per heavy atom. The molecule has 0 aromatic heterocycles. The molecule has 0 saturated carbocycles. The molecule has 1 unspecified atom stereocenters. The molecule has 0 aromatic carbocycles. The van der Waals surface area contributed by atoms with Gasteiger partial charge in [-0.05, 0) is 39.0 Å². The number of ether oxygens (including phenoxy) is 1. The molecular weight excluding hydrogens is 212 g/mol. The van der Waals surface area contributed by atoms with Crippen molar-refractivity contribution in [1.82, 2.24) is 0 Å². The maximum absolute atomic E-state index is 11.0. The Labute approximate surface area is 106 Å². The van der Waals surface area contributed by atoms with E-state index in [-0.39, 0.29) is 12.1 Å². The van der Waals surface area contributed by atoms with Crippen molar-refractivity contribution in [3.05, 3.63) is 12.2 Å². The number of esters is 1. The second-order valence-electron chi connectivity index (χ2n) is 4.58. The first-order valence-electron chi connectivity index (χ1n) is 6.99. The topological polar surface area (TPSA) is 26.3 Å². The molecule has 2 nitrogen and oxygen atoms in total. The van der Waals surface area contributed by atoms with Crippen molar-refractivity contribution in [3.63, 3.8) is 0 Å². The first-order chi connectivity index (χ1) is 8.20. The van der Waals surface area contributed by atoms with Crippen LogP contribution in [-0.4, -0.2) is 12.1 Å². The van der Waals surface area contributed by atoms with Crippen molar-refractivity contribution in [2.24, 2.45) is 0 Å². The van der Waals surface area contributed by atoms with Gasteiger partial charge in [0.15, 0.2) is 0 Å². The van der Waals surface area contributed by atoms with E-state index < -0.39 is 0 Å². The minimum Gasteiger partial charge on any atom is -0.463 e. The highest BCUT2D eigenvalue weighted by atomic mass is 16.5. The standard InChI is InChI=1S/C15H28O2/c1-4-6-8-9-10-11-13-15(12-7-5-2)17-14(3)16/h4,6,15H,5,7-13H2,1-3H3. The SMILES string of the molecule is CC=CCCCCCC(CCCC)OC(C)=O. The number of unbranched alkanes of at least 4 members (excludes halogenated alkanes) is 4. The Hall–Kier alpha value is -0.790. The van der Waals surface area contributed by atoms with Gasteiger partial charge in [0.1, 0.15) is 6.10 Å². The van der Waals surface area contributed by atoms with Gasteiger partial charge in [-0.25, -0.2) is 0 Å². The smallest absolute Gasteiger partial charge is 0.302 e. The summed E-state index contributed by atoms with van der Waals surface area (Å²) >= 11 is 0. The first kappa shape index (κ1) is 16.2. The van der Waals surface area contributed by atoms with E-state index in [0.717, 1.165) is 19.3 Å². The maximum Gasteiger partial charge on any atom is 0.302 e. The third kappa shape index (κ3) is 11.5. The lowest BCUT2D eigenvalue weighted by molar-refractivity contribution is -0.147. The predicted molar refractivity (Wildman–Crippen MR) is 73.0 cm³/mol. The second-order valence-corrected chi connectivity index (χ2v) is 4.58. The van der Waals surface area contributed by atoms with Crippen LogP contribution in [-0.2, 0) is 9.53 Å². The van der Waals surface area contributed by atoms with Crippen LogP contribution in [0.2, 0.25) is 0 Å². The molecule has 0 rings (SSSR count). The highest BCUT2D eigenvalue weighted by molar-refractivity contribution is 5.66. The van der Waals surface area contributed by atoms with Crippen LogP contribution in [0.5, 0.6) is 0 Å². The van der Waals surface area contributed by atoms with Crippen molar-refractivity contribution < 1.29 is 9.53 Å². The molecule has 17 heavy (non-hydrogen) atoms. The molecule has 0 fully saturated rings. The van der Waals surface area contributed by atoms with E-state index >= 15 is 0 Å². The molecule has 100 valence electrons. The van der Waals surface area contributed by atoms with Gasteiger partial charge in [0.25, 0.3) is 0 Å². The summed E-state index contributed by atoms with van der Waals surface area (Å²) < 4.78 is 5.33. The normalized spacial score (nSPS) is 12.9. The maximum atomic E-state index is 11.0. The highest BCUT2D eigenvalue weighted by Gasteiger charge is 2.10. The first-order valence-corrected chi connectivity index (χ1v) is 6.99. The monoisotopic (exact) mass is 240 g/mol. The number of rotatable bonds is 10. The highest BCUT2D eigenvalue weighted by Crippen LogP contribution is 2.14. The average Bonchev–Trinajstić information content (AvgIpc) is 2.29.